The van der Waals surface area contributed by atoms with Crippen LogP contribution >= 0.6 is 0 Å². The molecule has 0 amide bonds. The highest BCUT2D eigenvalue weighted by molar-refractivity contribution is 5.95. The molecule has 0 bridgehead atoms. The van der Waals surface area contributed by atoms with Gasteiger partial charge < -0.3 is 0 Å². The van der Waals surface area contributed by atoms with Crippen molar-refractivity contribution in [3.05, 3.63) is 47.9 Å². The van der Waals surface area contributed by atoms with Gasteiger partial charge in [0.25, 0.3) is 0 Å². The van der Waals surface area contributed by atoms with E-state index in [9.17, 15) is 4.79 Å². The molecule has 22 heavy (non-hydrogen) atoms. The molecule has 1 unspecified atom stereocenters. The van der Waals surface area contributed by atoms with Crippen molar-refractivity contribution >= 4 is 17.0 Å². The molecule has 4 heteroatoms. The summed E-state index contributed by atoms with van der Waals surface area (Å²) in [7, 11) is 0. The number of Topliss-reactive ketones (excluding diaryl/α,β-unsaturated/α-hetero) is 1. The molecule has 2 rings (SSSR count). The van der Waals surface area contributed by atoms with Gasteiger partial charge in [-0.25, -0.2) is 9.50 Å². The normalized spacial score (nSPS) is 13.9. The Balaban J connectivity index is 2.38. The molecule has 0 spiro atoms. The van der Waals surface area contributed by atoms with E-state index in [0.717, 1.165) is 17.7 Å². The third-order valence-corrected chi connectivity index (χ3v) is 3.80. The molecule has 0 aromatic carbocycles. The largest absolute Gasteiger partial charge is 0.292 e. The van der Waals surface area contributed by atoms with Crippen LogP contribution in [0.2, 0.25) is 0 Å². The van der Waals surface area contributed by atoms with Crippen LogP contribution in [-0.4, -0.2) is 20.4 Å². The number of carbonyl (C=O) groups is 1. The van der Waals surface area contributed by atoms with Crippen LogP contribution in [0, 0.1) is 5.92 Å². The Bertz CT molecular complexity index is 725. The standard InChI is InChI=1S/C18H23N3O/c1-5-13(3)8-7-9-14(4)16-10-11-19-18-12-15(17(22)6-2)20-21(16)18/h7-13H,5-6H2,1-4H3/b8-7-,14-9+. The van der Waals surface area contributed by atoms with Gasteiger partial charge in [0.05, 0.1) is 5.69 Å². The van der Waals surface area contributed by atoms with Crippen LogP contribution in [0.1, 0.15) is 56.7 Å². The zero-order valence-corrected chi connectivity index (χ0v) is 13.7. The lowest BCUT2D eigenvalue weighted by molar-refractivity contribution is 0.0983. The maximum absolute atomic E-state index is 11.8. The monoisotopic (exact) mass is 297 g/mol. The van der Waals surface area contributed by atoms with Crippen molar-refractivity contribution in [2.24, 2.45) is 5.92 Å². The lowest BCUT2D eigenvalue weighted by atomic mass is 10.1. The van der Waals surface area contributed by atoms with Crippen LogP contribution in [0.4, 0.5) is 0 Å². The van der Waals surface area contributed by atoms with E-state index in [1.807, 2.05) is 19.9 Å². The Morgan fingerprint density at radius 3 is 2.86 bits per heavy atom. The molecule has 4 nitrogen and oxygen atoms in total. The highest BCUT2D eigenvalue weighted by Crippen LogP contribution is 2.16. The molecule has 2 aromatic rings. The zero-order chi connectivity index (χ0) is 16.1. The summed E-state index contributed by atoms with van der Waals surface area (Å²) in [6.07, 6.45) is 9.68. The number of hydrogen-bond acceptors (Lipinski definition) is 3. The number of hydrogen-bond donors (Lipinski definition) is 0. The molecule has 0 aliphatic carbocycles. The predicted molar refractivity (Wildman–Crippen MR) is 89.9 cm³/mol. The minimum Gasteiger partial charge on any atom is -0.292 e. The molecular weight excluding hydrogens is 274 g/mol. The maximum Gasteiger partial charge on any atom is 0.182 e. The SMILES string of the molecule is CCC(=O)c1cc2nccc(/C(C)=C/C=C\C(C)CC)n2n1. The summed E-state index contributed by atoms with van der Waals surface area (Å²) in [5.74, 6) is 0.606. The van der Waals surface area contributed by atoms with Crippen molar-refractivity contribution in [2.75, 3.05) is 0 Å². The average Bonchev–Trinajstić information content (AvgIpc) is 2.97. The third-order valence-electron chi connectivity index (χ3n) is 3.80. The lowest BCUT2D eigenvalue weighted by Crippen LogP contribution is -2.01. The van der Waals surface area contributed by atoms with E-state index in [-0.39, 0.29) is 5.78 Å². The summed E-state index contributed by atoms with van der Waals surface area (Å²) in [4.78, 5) is 16.1. The summed E-state index contributed by atoms with van der Waals surface area (Å²) in [5, 5.41) is 4.40. The lowest BCUT2D eigenvalue weighted by Gasteiger charge is -2.04. The molecule has 1 atom stereocenters. The zero-order valence-electron chi connectivity index (χ0n) is 13.7. The second kappa shape index (κ2) is 7.16. The van der Waals surface area contributed by atoms with Gasteiger partial charge in [0.1, 0.15) is 5.69 Å². The fourth-order valence-electron chi connectivity index (χ4n) is 2.12. The van der Waals surface area contributed by atoms with Gasteiger partial charge in [0.15, 0.2) is 11.4 Å². The van der Waals surface area contributed by atoms with Crippen LogP contribution < -0.4 is 0 Å². The third kappa shape index (κ3) is 3.50. The Kier molecular flexibility index (Phi) is 5.26. The average molecular weight is 297 g/mol. The number of fused-ring (bicyclic) bond motifs is 1. The van der Waals surface area contributed by atoms with Crippen LogP contribution in [0.5, 0.6) is 0 Å². The molecule has 116 valence electrons. The number of aromatic nitrogens is 3. The summed E-state index contributed by atoms with van der Waals surface area (Å²) in [6.45, 7) is 8.25. The van der Waals surface area contributed by atoms with Crippen LogP contribution in [0.15, 0.2) is 36.6 Å². The first kappa shape index (κ1) is 16.1. The Morgan fingerprint density at radius 2 is 2.18 bits per heavy atom. The van der Waals surface area contributed by atoms with E-state index >= 15 is 0 Å². The Labute approximate surface area is 131 Å². The molecule has 0 fully saturated rings. The van der Waals surface area contributed by atoms with Gasteiger partial charge in [-0.15, -0.1) is 0 Å². The fourth-order valence-corrected chi connectivity index (χ4v) is 2.12. The van der Waals surface area contributed by atoms with E-state index in [1.54, 1.807) is 16.8 Å². The first-order valence-corrected chi connectivity index (χ1v) is 7.80. The quantitative estimate of drug-likeness (QED) is 0.589. The molecule has 0 aliphatic heterocycles. The smallest absolute Gasteiger partial charge is 0.182 e. The van der Waals surface area contributed by atoms with E-state index < -0.39 is 0 Å². The number of allylic oxidation sites excluding steroid dienone is 4. The van der Waals surface area contributed by atoms with E-state index in [2.05, 4.69) is 42.2 Å². The van der Waals surface area contributed by atoms with E-state index in [0.29, 0.717) is 23.7 Å². The summed E-state index contributed by atoms with van der Waals surface area (Å²) >= 11 is 0. The van der Waals surface area contributed by atoms with Gasteiger partial charge in [-0.2, -0.15) is 5.10 Å². The molecule has 0 saturated carbocycles. The van der Waals surface area contributed by atoms with Gasteiger partial charge in [-0.3, -0.25) is 4.79 Å². The minimum absolute atomic E-state index is 0.0368. The summed E-state index contributed by atoms with van der Waals surface area (Å²) < 4.78 is 1.74. The van der Waals surface area contributed by atoms with E-state index in [4.69, 9.17) is 0 Å². The van der Waals surface area contributed by atoms with Crippen molar-refractivity contribution in [2.45, 2.75) is 40.5 Å². The number of rotatable bonds is 6. The molecular formula is C18H23N3O. The summed E-state index contributed by atoms with van der Waals surface area (Å²) in [6, 6.07) is 3.67. The van der Waals surface area contributed by atoms with Crippen molar-refractivity contribution in [3.8, 4) is 0 Å². The highest BCUT2D eigenvalue weighted by atomic mass is 16.1. The second-order valence-corrected chi connectivity index (χ2v) is 5.53. The van der Waals surface area contributed by atoms with Crippen LogP contribution in [0.3, 0.4) is 0 Å². The second-order valence-electron chi connectivity index (χ2n) is 5.53. The van der Waals surface area contributed by atoms with Gasteiger partial charge in [-0.05, 0) is 24.5 Å². The van der Waals surface area contributed by atoms with Gasteiger partial charge in [-0.1, -0.05) is 45.4 Å². The molecule has 2 aromatic heterocycles. The van der Waals surface area contributed by atoms with Gasteiger partial charge in [0, 0.05) is 18.7 Å². The van der Waals surface area contributed by atoms with Crippen LogP contribution in [-0.2, 0) is 0 Å². The van der Waals surface area contributed by atoms with Gasteiger partial charge >= 0.3 is 0 Å². The van der Waals surface area contributed by atoms with Crippen molar-refractivity contribution < 1.29 is 4.79 Å². The first-order chi connectivity index (χ1) is 10.6. The molecule has 0 saturated heterocycles. The first-order valence-electron chi connectivity index (χ1n) is 7.80. The maximum atomic E-state index is 11.8. The topological polar surface area (TPSA) is 47.3 Å². The molecule has 0 radical (unpaired) electrons. The fraction of sp³-hybridized carbons (Fsp3) is 0.389. The van der Waals surface area contributed by atoms with Crippen molar-refractivity contribution in [1.29, 1.82) is 0 Å². The van der Waals surface area contributed by atoms with Gasteiger partial charge in [0.2, 0.25) is 0 Å². The predicted octanol–water partition coefficient (Wildman–Crippen LogP) is 4.33. The molecule has 2 heterocycles. The number of ketones is 1. The molecule has 0 N–H and O–H groups in total. The number of nitrogens with zero attached hydrogens (tertiary/aromatic N) is 3. The van der Waals surface area contributed by atoms with Crippen LogP contribution in [0.25, 0.3) is 11.2 Å². The van der Waals surface area contributed by atoms with Crippen molar-refractivity contribution in [1.82, 2.24) is 14.6 Å². The van der Waals surface area contributed by atoms with Crippen molar-refractivity contribution in [3.63, 3.8) is 0 Å². The molecule has 0 aliphatic rings. The van der Waals surface area contributed by atoms with E-state index in [1.165, 1.54) is 0 Å². The Morgan fingerprint density at radius 1 is 1.41 bits per heavy atom. The Hall–Kier alpha value is -2.23. The highest BCUT2D eigenvalue weighted by Gasteiger charge is 2.12. The summed E-state index contributed by atoms with van der Waals surface area (Å²) in [5.41, 5.74) is 3.22. The minimum atomic E-state index is 0.0368. The number of carbonyl (C=O) groups excluding carboxylic acids is 1.